The average Bonchev–Trinajstić information content (AvgIpc) is 1.86. The largest absolute Gasteiger partial charge is 0.332 e. The van der Waals surface area contributed by atoms with Crippen molar-refractivity contribution in [3.05, 3.63) is 10.6 Å². The van der Waals surface area contributed by atoms with Gasteiger partial charge < -0.3 is 0 Å². The highest BCUT2D eigenvalue weighted by atomic mass is 79.9. The fourth-order valence-corrected chi connectivity index (χ4v) is 0.939. The molecule has 0 unspecified atom stereocenters. The van der Waals surface area contributed by atoms with Gasteiger partial charge in [-0.25, -0.2) is 0 Å². The number of hydrogen-bond donors (Lipinski definition) is 0. The number of alkyl halides is 3. The lowest BCUT2D eigenvalue weighted by molar-refractivity contribution is 0.167. The molecule has 0 aromatic heterocycles. The van der Waals surface area contributed by atoms with Crippen LogP contribution in [0.3, 0.4) is 0 Å². The summed E-state index contributed by atoms with van der Waals surface area (Å²) >= 11 is 5.04. The topological polar surface area (TPSA) is 0 Å². The average molecular weight is 292 g/mol. The van der Waals surface area contributed by atoms with Crippen LogP contribution < -0.4 is 0 Å². The van der Waals surface area contributed by atoms with Gasteiger partial charge in [0, 0.05) is 0 Å². The standard InChI is InChI=1S/C7H10Br2F2/c1-2-3-4-5-6(8)7(9,10)11/h5H,2-4H2,1H3/b6-5-. The van der Waals surface area contributed by atoms with Gasteiger partial charge in [-0.1, -0.05) is 25.8 Å². The minimum absolute atomic E-state index is 0.0848. The highest BCUT2D eigenvalue weighted by Crippen LogP contribution is 2.35. The summed E-state index contributed by atoms with van der Waals surface area (Å²) in [6.07, 6.45) is 4.15. The van der Waals surface area contributed by atoms with Crippen LogP contribution in [0, 0.1) is 0 Å². The van der Waals surface area contributed by atoms with Gasteiger partial charge in [-0.15, -0.1) is 0 Å². The molecule has 0 heterocycles. The Morgan fingerprint density at radius 2 is 2.09 bits per heavy atom. The Kier molecular flexibility index (Phi) is 5.52. The summed E-state index contributed by atoms with van der Waals surface area (Å²) < 4.78 is 24.6. The molecule has 0 atom stereocenters. The van der Waals surface area contributed by atoms with Crippen LogP contribution in [-0.2, 0) is 0 Å². The van der Waals surface area contributed by atoms with Crippen molar-refractivity contribution in [2.75, 3.05) is 0 Å². The van der Waals surface area contributed by atoms with Crippen molar-refractivity contribution >= 4 is 31.9 Å². The third-order valence-corrected chi connectivity index (χ3v) is 2.93. The zero-order chi connectivity index (χ0) is 8.91. The molecule has 0 bridgehead atoms. The third-order valence-electron chi connectivity index (χ3n) is 1.15. The second kappa shape index (κ2) is 5.25. The van der Waals surface area contributed by atoms with E-state index in [4.69, 9.17) is 0 Å². The third kappa shape index (κ3) is 5.79. The van der Waals surface area contributed by atoms with E-state index in [1.807, 2.05) is 6.92 Å². The van der Waals surface area contributed by atoms with Crippen molar-refractivity contribution in [3.63, 3.8) is 0 Å². The van der Waals surface area contributed by atoms with Crippen molar-refractivity contribution in [1.82, 2.24) is 0 Å². The quantitative estimate of drug-likeness (QED) is 0.530. The lowest BCUT2D eigenvalue weighted by atomic mass is 10.2. The lowest BCUT2D eigenvalue weighted by Crippen LogP contribution is -2.03. The van der Waals surface area contributed by atoms with E-state index in [9.17, 15) is 8.78 Å². The second-order valence-corrected chi connectivity index (χ2v) is 4.04. The highest BCUT2D eigenvalue weighted by molar-refractivity contribution is 9.14. The molecule has 0 saturated heterocycles. The summed E-state index contributed by atoms with van der Waals surface area (Å²) in [5, 5.41) is 0. The molecule has 0 aromatic rings. The minimum Gasteiger partial charge on any atom is -0.188 e. The van der Waals surface area contributed by atoms with Crippen LogP contribution in [0.25, 0.3) is 0 Å². The van der Waals surface area contributed by atoms with Crippen molar-refractivity contribution in [2.45, 2.75) is 31.0 Å². The smallest absolute Gasteiger partial charge is 0.188 e. The van der Waals surface area contributed by atoms with Crippen LogP contribution in [0.1, 0.15) is 26.2 Å². The van der Waals surface area contributed by atoms with Crippen LogP contribution in [0.4, 0.5) is 8.78 Å². The molecule has 66 valence electrons. The normalized spacial score (nSPS) is 13.7. The van der Waals surface area contributed by atoms with E-state index in [2.05, 4.69) is 31.9 Å². The molecule has 0 spiro atoms. The van der Waals surface area contributed by atoms with Crippen molar-refractivity contribution < 1.29 is 8.78 Å². The zero-order valence-electron chi connectivity index (χ0n) is 6.21. The van der Waals surface area contributed by atoms with Crippen molar-refractivity contribution in [2.24, 2.45) is 0 Å². The van der Waals surface area contributed by atoms with E-state index in [-0.39, 0.29) is 4.48 Å². The zero-order valence-corrected chi connectivity index (χ0v) is 9.38. The molecule has 0 radical (unpaired) electrons. The fraction of sp³-hybridized carbons (Fsp3) is 0.714. The van der Waals surface area contributed by atoms with Crippen LogP contribution in [0.15, 0.2) is 10.6 Å². The summed E-state index contributed by atoms with van der Waals surface area (Å²) in [5.74, 6) is 0. The Morgan fingerprint density at radius 1 is 1.55 bits per heavy atom. The number of allylic oxidation sites excluding steroid dienone is 2. The van der Waals surface area contributed by atoms with E-state index in [0.717, 1.165) is 12.8 Å². The maximum atomic E-state index is 12.3. The van der Waals surface area contributed by atoms with Gasteiger partial charge in [0.1, 0.15) is 0 Å². The van der Waals surface area contributed by atoms with E-state index in [1.165, 1.54) is 6.08 Å². The van der Waals surface area contributed by atoms with Crippen LogP contribution >= 0.6 is 31.9 Å². The maximum Gasteiger partial charge on any atom is 0.332 e. The van der Waals surface area contributed by atoms with Gasteiger partial charge in [0.15, 0.2) is 0 Å². The molecule has 0 rings (SSSR count). The SMILES string of the molecule is CCCC/C=C(\Br)C(F)(F)Br. The molecule has 0 fully saturated rings. The number of hydrogen-bond acceptors (Lipinski definition) is 0. The molecule has 4 heteroatoms. The van der Waals surface area contributed by atoms with Gasteiger partial charge in [0.25, 0.3) is 0 Å². The Hall–Kier alpha value is 0.560. The molecule has 11 heavy (non-hydrogen) atoms. The van der Waals surface area contributed by atoms with Crippen molar-refractivity contribution in [3.8, 4) is 0 Å². The Bertz CT molecular complexity index is 138. The first-order chi connectivity index (χ1) is 4.98. The summed E-state index contributed by atoms with van der Waals surface area (Å²) in [4.78, 5) is -2.90. The van der Waals surface area contributed by atoms with Crippen LogP contribution in [0.2, 0.25) is 0 Å². The fourth-order valence-electron chi connectivity index (χ4n) is 0.549. The van der Waals surface area contributed by atoms with Gasteiger partial charge >= 0.3 is 4.83 Å². The monoisotopic (exact) mass is 290 g/mol. The molecule has 0 aliphatic carbocycles. The lowest BCUT2D eigenvalue weighted by Gasteiger charge is -2.05. The van der Waals surface area contributed by atoms with Gasteiger partial charge in [0.2, 0.25) is 0 Å². The molecular weight excluding hydrogens is 282 g/mol. The van der Waals surface area contributed by atoms with Gasteiger partial charge in [0.05, 0.1) is 4.48 Å². The molecule has 0 nitrogen and oxygen atoms in total. The predicted octanol–water partition coefficient (Wildman–Crippen LogP) is 4.44. The highest BCUT2D eigenvalue weighted by Gasteiger charge is 2.27. The molecular formula is C7H10Br2F2. The van der Waals surface area contributed by atoms with Gasteiger partial charge in [-0.05, 0) is 38.3 Å². The number of unbranched alkanes of at least 4 members (excludes halogenated alkanes) is 2. The summed E-state index contributed by atoms with van der Waals surface area (Å²) in [5.41, 5.74) is 0. The van der Waals surface area contributed by atoms with E-state index < -0.39 is 4.83 Å². The van der Waals surface area contributed by atoms with E-state index in [1.54, 1.807) is 0 Å². The molecule has 0 saturated carbocycles. The molecule has 0 aliphatic rings. The van der Waals surface area contributed by atoms with Crippen molar-refractivity contribution in [1.29, 1.82) is 0 Å². The Morgan fingerprint density at radius 3 is 2.45 bits per heavy atom. The summed E-state index contributed by atoms with van der Waals surface area (Å²) in [6, 6.07) is 0. The second-order valence-electron chi connectivity index (χ2n) is 2.19. The molecule has 0 N–H and O–H groups in total. The van der Waals surface area contributed by atoms with E-state index in [0.29, 0.717) is 6.42 Å². The predicted molar refractivity (Wildman–Crippen MR) is 50.4 cm³/mol. The first-order valence-corrected chi connectivity index (χ1v) is 5.00. The van der Waals surface area contributed by atoms with Gasteiger partial charge in [-0.3, -0.25) is 0 Å². The number of rotatable bonds is 4. The molecule has 0 aromatic carbocycles. The number of halogens is 4. The maximum absolute atomic E-state index is 12.3. The Balaban J connectivity index is 3.81. The molecule has 0 amide bonds. The summed E-state index contributed by atoms with van der Waals surface area (Å²) in [7, 11) is 0. The Labute approximate surface area is 82.3 Å². The van der Waals surface area contributed by atoms with E-state index >= 15 is 0 Å². The van der Waals surface area contributed by atoms with Crippen LogP contribution in [0.5, 0.6) is 0 Å². The van der Waals surface area contributed by atoms with Crippen LogP contribution in [-0.4, -0.2) is 4.83 Å². The first kappa shape index (κ1) is 11.6. The minimum atomic E-state index is -2.90. The summed E-state index contributed by atoms with van der Waals surface area (Å²) in [6.45, 7) is 2.02. The first-order valence-electron chi connectivity index (χ1n) is 3.41. The molecule has 0 aliphatic heterocycles. The van der Waals surface area contributed by atoms with Gasteiger partial charge in [-0.2, -0.15) is 8.78 Å².